The van der Waals surface area contributed by atoms with E-state index in [1.165, 1.54) is 23.1 Å². The number of methoxy groups -OCH3 is 1. The van der Waals surface area contributed by atoms with Crippen molar-refractivity contribution >= 4 is 29.5 Å². The summed E-state index contributed by atoms with van der Waals surface area (Å²) in [5.74, 6) is 0. The molecule has 0 saturated carbocycles. The van der Waals surface area contributed by atoms with Gasteiger partial charge in [0.15, 0.2) is 0 Å². The van der Waals surface area contributed by atoms with Crippen molar-refractivity contribution in [1.29, 1.82) is 0 Å². The molecule has 2 atom stereocenters. The third kappa shape index (κ3) is 6.23. The van der Waals surface area contributed by atoms with Crippen molar-refractivity contribution in [2.24, 2.45) is 0 Å². The van der Waals surface area contributed by atoms with E-state index in [9.17, 15) is 35.9 Å². The fraction of sp³-hybridized carbons (Fsp3) is 0.417. The summed E-state index contributed by atoms with van der Waals surface area (Å²) in [7, 11) is 1.04. The summed E-state index contributed by atoms with van der Waals surface area (Å²) in [5, 5.41) is 0.241. The molecule has 2 unspecified atom stereocenters. The number of rotatable bonds is 4. The monoisotopic (exact) mass is 552 g/mol. The zero-order valence-corrected chi connectivity index (χ0v) is 20.7. The van der Waals surface area contributed by atoms with Gasteiger partial charge in [-0.15, -0.1) is 0 Å². The highest BCUT2D eigenvalue weighted by atomic mass is 35.5. The molecule has 6 nitrogen and oxygen atoms in total. The summed E-state index contributed by atoms with van der Waals surface area (Å²) < 4.78 is 90.3. The lowest BCUT2D eigenvalue weighted by Gasteiger charge is -2.42. The molecule has 202 valence electrons. The minimum Gasteiger partial charge on any atom is -0.453 e. The number of carbonyl (C=O) groups is 2. The van der Waals surface area contributed by atoms with E-state index in [2.05, 4.69) is 0 Å². The molecule has 0 radical (unpaired) electrons. The summed E-state index contributed by atoms with van der Waals surface area (Å²) in [6.45, 7) is 2.76. The average Bonchev–Trinajstić information content (AvgIpc) is 2.80. The Kier molecular flexibility index (Phi) is 8.21. The number of carbonyl (C=O) groups excluding carboxylic acids is 2. The van der Waals surface area contributed by atoms with Crippen LogP contribution in [0, 0.1) is 0 Å². The van der Waals surface area contributed by atoms with Gasteiger partial charge in [0.05, 0.1) is 36.6 Å². The first-order valence-electron chi connectivity index (χ1n) is 11.1. The molecule has 0 N–H and O–H groups in total. The number of alkyl halides is 6. The van der Waals surface area contributed by atoms with Crippen LogP contribution in [0.2, 0.25) is 5.02 Å². The summed E-state index contributed by atoms with van der Waals surface area (Å²) in [4.78, 5) is 27.8. The molecular weight excluding hydrogens is 530 g/mol. The first-order valence-corrected chi connectivity index (χ1v) is 11.4. The average molecular weight is 553 g/mol. The van der Waals surface area contributed by atoms with Crippen molar-refractivity contribution in [1.82, 2.24) is 4.90 Å². The smallest absolute Gasteiger partial charge is 0.416 e. The second-order valence-electron chi connectivity index (χ2n) is 8.38. The molecule has 0 bridgehead atoms. The van der Waals surface area contributed by atoms with E-state index in [0.29, 0.717) is 23.4 Å². The number of nitrogens with zero attached hydrogens (tertiary/aromatic N) is 2. The Labute approximate surface area is 213 Å². The second-order valence-corrected chi connectivity index (χ2v) is 8.82. The molecule has 13 heteroatoms. The molecule has 37 heavy (non-hydrogen) atoms. The van der Waals surface area contributed by atoms with Gasteiger partial charge < -0.3 is 9.47 Å². The van der Waals surface area contributed by atoms with Crippen LogP contribution in [0.4, 0.5) is 41.6 Å². The normalized spacial score (nSPS) is 17.7. The lowest BCUT2D eigenvalue weighted by atomic mass is 9.90. The van der Waals surface area contributed by atoms with Crippen molar-refractivity contribution in [3.8, 4) is 0 Å². The Morgan fingerprint density at radius 2 is 1.65 bits per heavy atom. The number of anilines is 1. The van der Waals surface area contributed by atoms with E-state index in [1.807, 2.05) is 0 Å². The number of amides is 2. The number of hydrogen-bond donors (Lipinski definition) is 0. The Hall–Kier alpha value is -3.15. The largest absolute Gasteiger partial charge is 0.453 e. The van der Waals surface area contributed by atoms with Gasteiger partial charge in [-0.05, 0) is 62.2 Å². The number of halogens is 7. The molecule has 3 rings (SSSR count). The predicted molar refractivity (Wildman–Crippen MR) is 122 cm³/mol. The van der Waals surface area contributed by atoms with Crippen LogP contribution in [0.1, 0.15) is 48.6 Å². The standard InChI is InChI=1S/C24H23ClF6N2O4/c1-4-37-22(35)33-13(2)7-20(18-11-17(25)5-6-19(18)33)32(21(34)36-3)12-14-8-15(23(26,27)28)10-16(9-14)24(29,30)31/h5-6,8-11,13,20H,4,7,12H2,1-3H3. The molecular formula is C24H23ClF6N2O4. The van der Waals surface area contributed by atoms with Crippen LogP contribution in [0.3, 0.4) is 0 Å². The van der Waals surface area contributed by atoms with Crippen LogP contribution >= 0.6 is 11.6 Å². The summed E-state index contributed by atoms with van der Waals surface area (Å²) >= 11 is 6.17. The molecule has 2 aromatic rings. The van der Waals surface area contributed by atoms with Crippen LogP contribution in [-0.4, -0.2) is 36.8 Å². The maximum absolute atomic E-state index is 13.4. The second kappa shape index (κ2) is 10.7. The molecule has 1 aliphatic rings. The lowest BCUT2D eigenvalue weighted by molar-refractivity contribution is -0.143. The first kappa shape index (κ1) is 28.4. The van der Waals surface area contributed by atoms with E-state index in [0.717, 1.165) is 12.0 Å². The zero-order valence-electron chi connectivity index (χ0n) is 19.9. The van der Waals surface area contributed by atoms with E-state index < -0.39 is 59.9 Å². The van der Waals surface area contributed by atoms with Gasteiger partial charge >= 0.3 is 24.5 Å². The number of fused-ring (bicyclic) bond motifs is 1. The molecule has 0 aromatic heterocycles. The number of ether oxygens (including phenoxy) is 2. The van der Waals surface area contributed by atoms with Crippen LogP contribution in [-0.2, 0) is 28.4 Å². The van der Waals surface area contributed by atoms with Gasteiger partial charge in [0.1, 0.15) is 0 Å². The van der Waals surface area contributed by atoms with Gasteiger partial charge in [-0.1, -0.05) is 11.6 Å². The molecule has 2 aromatic carbocycles. The zero-order chi connectivity index (χ0) is 27.7. The van der Waals surface area contributed by atoms with Crippen LogP contribution in [0.5, 0.6) is 0 Å². The van der Waals surface area contributed by atoms with E-state index in [4.69, 9.17) is 21.1 Å². The fourth-order valence-electron chi connectivity index (χ4n) is 4.30. The quantitative estimate of drug-likeness (QED) is 0.370. The SMILES string of the molecule is CCOC(=O)N1c2ccc(Cl)cc2C(N(Cc2cc(C(F)(F)F)cc(C(F)(F)F)c2)C(=O)OC)CC1C. The number of benzene rings is 2. The Morgan fingerprint density at radius 3 is 2.16 bits per heavy atom. The van der Waals surface area contributed by atoms with Crippen LogP contribution in [0.15, 0.2) is 36.4 Å². The van der Waals surface area contributed by atoms with Gasteiger partial charge in [0, 0.05) is 23.2 Å². The molecule has 0 spiro atoms. The van der Waals surface area contributed by atoms with Gasteiger partial charge in [-0.25, -0.2) is 9.59 Å². The van der Waals surface area contributed by atoms with Crippen molar-refractivity contribution < 1.29 is 45.4 Å². The van der Waals surface area contributed by atoms with Crippen LogP contribution < -0.4 is 4.90 Å². The predicted octanol–water partition coefficient (Wildman–Crippen LogP) is 7.44. The van der Waals surface area contributed by atoms with Gasteiger partial charge in [0.25, 0.3) is 0 Å². The van der Waals surface area contributed by atoms with E-state index >= 15 is 0 Å². The lowest BCUT2D eigenvalue weighted by Crippen LogP contribution is -2.47. The molecule has 0 aliphatic carbocycles. The minimum absolute atomic E-state index is 0.0148. The van der Waals surface area contributed by atoms with Gasteiger partial charge in [-0.3, -0.25) is 9.80 Å². The highest BCUT2D eigenvalue weighted by Gasteiger charge is 2.41. The molecule has 1 heterocycles. The van der Waals surface area contributed by atoms with Gasteiger partial charge in [-0.2, -0.15) is 26.3 Å². The summed E-state index contributed by atoms with van der Waals surface area (Å²) in [5.41, 5.74) is -2.73. The minimum atomic E-state index is -5.05. The molecule has 2 amide bonds. The third-order valence-corrected chi connectivity index (χ3v) is 6.10. The Bertz CT molecular complexity index is 1140. The highest BCUT2D eigenvalue weighted by molar-refractivity contribution is 6.30. The molecule has 0 fully saturated rings. The topological polar surface area (TPSA) is 59.1 Å². The summed E-state index contributed by atoms with van der Waals surface area (Å²) in [6, 6.07) is 4.18. The van der Waals surface area contributed by atoms with Crippen molar-refractivity contribution in [2.75, 3.05) is 18.6 Å². The van der Waals surface area contributed by atoms with Crippen molar-refractivity contribution in [2.45, 2.75) is 51.2 Å². The first-order chi connectivity index (χ1) is 17.2. The fourth-order valence-corrected chi connectivity index (χ4v) is 4.48. The van der Waals surface area contributed by atoms with Crippen LogP contribution in [0.25, 0.3) is 0 Å². The summed E-state index contributed by atoms with van der Waals surface area (Å²) in [6.07, 6.45) is -11.7. The Morgan fingerprint density at radius 1 is 1.05 bits per heavy atom. The Balaban J connectivity index is 2.12. The van der Waals surface area contributed by atoms with Crippen molar-refractivity contribution in [3.63, 3.8) is 0 Å². The highest BCUT2D eigenvalue weighted by Crippen LogP contribution is 2.43. The maximum Gasteiger partial charge on any atom is 0.416 e. The maximum atomic E-state index is 13.4. The third-order valence-electron chi connectivity index (χ3n) is 5.86. The van der Waals surface area contributed by atoms with E-state index in [-0.39, 0.29) is 24.1 Å². The van der Waals surface area contributed by atoms with Gasteiger partial charge in [0.2, 0.25) is 0 Å². The number of hydrogen-bond acceptors (Lipinski definition) is 4. The molecule has 0 saturated heterocycles. The molecule has 1 aliphatic heterocycles. The van der Waals surface area contributed by atoms with E-state index in [1.54, 1.807) is 13.8 Å². The van der Waals surface area contributed by atoms with Crippen molar-refractivity contribution in [3.05, 3.63) is 63.7 Å².